The molecule has 0 saturated heterocycles. The average Bonchev–Trinajstić information content (AvgIpc) is 3.17. The average molecular weight is 699 g/mol. The number of rotatable bonds is 10. The highest BCUT2D eigenvalue weighted by Crippen LogP contribution is 2.85. The van der Waals surface area contributed by atoms with Crippen molar-refractivity contribution in [3.05, 3.63) is 212 Å². The van der Waals surface area contributed by atoms with Crippen LogP contribution in [-0.2, 0) is 0 Å². The highest BCUT2D eigenvalue weighted by molar-refractivity contribution is 8.22. The molecule has 0 radical (unpaired) electrons. The van der Waals surface area contributed by atoms with Gasteiger partial charge in [-0.1, -0.05) is 133 Å². The molecule has 0 fully saturated rings. The molecule has 0 nitrogen and oxygen atoms in total. The predicted octanol–water partition coefficient (Wildman–Crippen LogP) is 9.36. The van der Waals surface area contributed by atoms with Crippen molar-refractivity contribution in [2.24, 2.45) is 0 Å². The first-order chi connectivity index (χ1) is 23.7. The van der Waals surface area contributed by atoms with Crippen LogP contribution in [0, 0.1) is 5.82 Å². The SMILES string of the molecule is Fc1ccc(P(Cl)C([P+](c2ccccc2)(c2ccccc2)c2ccccc2)[P+](c2ccccc2)(c2ccccc2)c2ccccc2)cc1. The van der Waals surface area contributed by atoms with Gasteiger partial charge >= 0.3 is 0 Å². The molecule has 7 aromatic rings. The van der Waals surface area contributed by atoms with Gasteiger partial charge in [0.05, 0.1) is 0 Å². The van der Waals surface area contributed by atoms with Gasteiger partial charge in [0, 0.05) is 0 Å². The molecule has 0 bridgehead atoms. The van der Waals surface area contributed by atoms with E-state index in [1.54, 1.807) is 12.1 Å². The topological polar surface area (TPSA) is 0 Å². The van der Waals surface area contributed by atoms with Crippen LogP contribution in [0.5, 0.6) is 0 Å². The zero-order valence-corrected chi connectivity index (χ0v) is 29.7. The van der Waals surface area contributed by atoms with Crippen LogP contribution in [0.15, 0.2) is 206 Å². The van der Waals surface area contributed by atoms with Gasteiger partial charge in [0.2, 0.25) is 5.14 Å². The Morgan fingerprint density at radius 2 is 0.583 bits per heavy atom. The van der Waals surface area contributed by atoms with Gasteiger partial charge in [-0.25, -0.2) is 4.39 Å². The smallest absolute Gasteiger partial charge is 0.207 e. The molecule has 0 saturated carbocycles. The molecule has 0 aliphatic carbocycles. The van der Waals surface area contributed by atoms with E-state index >= 15 is 0 Å². The summed E-state index contributed by atoms with van der Waals surface area (Å²) in [5, 5.41) is 8.49. The maximum atomic E-state index is 14.6. The van der Waals surface area contributed by atoms with Gasteiger partial charge in [0.1, 0.15) is 44.9 Å². The van der Waals surface area contributed by atoms with E-state index in [9.17, 15) is 4.39 Å². The van der Waals surface area contributed by atoms with Gasteiger partial charge in [-0.05, 0) is 90.2 Å². The highest BCUT2D eigenvalue weighted by Gasteiger charge is 2.71. The summed E-state index contributed by atoms with van der Waals surface area (Å²) < 4.78 is 14.6. The fourth-order valence-electron chi connectivity index (χ4n) is 6.95. The van der Waals surface area contributed by atoms with Crippen molar-refractivity contribution in [1.29, 1.82) is 0 Å². The summed E-state index contributed by atoms with van der Waals surface area (Å²) in [6.45, 7) is 0. The lowest BCUT2D eigenvalue weighted by atomic mass is 10.3. The molecule has 1 unspecified atom stereocenters. The first-order valence-corrected chi connectivity index (χ1v) is 22.0. The molecule has 0 heterocycles. The van der Waals surface area contributed by atoms with Gasteiger partial charge in [-0.15, -0.1) is 0 Å². The maximum Gasteiger partial charge on any atom is 0.230 e. The Bertz CT molecular complexity index is 1710. The summed E-state index contributed by atoms with van der Waals surface area (Å²) in [6, 6.07) is 73.1. The molecular formula is C43H35ClFP3+2. The lowest BCUT2D eigenvalue weighted by Crippen LogP contribution is -2.47. The summed E-state index contributed by atoms with van der Waals surface area (Å²) in [6.07, 6.45) is 0. The largest absolute Gasteiger partial charge is 0.230 e. The minimum Gasteiger partial charge on any atom is -0.207 e. The van der Waals surface area contributed by atoms with Crippen molar-refractivity contribution in [2.45, 2.75) is 5.14 Å². The maximum absolute atomic E-state index is 14.6. The fourth-order valence-corrected chi connectivity index (χ4v) is 27.7. The van der Waals surface area contributed by atoms with E-state index in [-0.39, 0.29) is 11.0 Å². The zero-order chi connectivity index (χ0) is 32.8. The Morgan fingerprint density at radius 1 is 0.354 bits per heavy atom. The van der Waals surface area contributed by atoms with E-state index in [0.29, 0.717) is 0 Å². The van der Waals surface area contributed by atoms with Gasteiger partial charge in [-0.2, -0.15) is 0 Å². The van der Waals surface area contributed by atoms with Crippen molar-refractivity contribution in [3.63, 3.8) is 0 Å². The Labute approximate surface area is 290 Å². The van der Waals surface area contributed by atoms with Crippen LogP contribution in [0.2, 0.25) is 0 Å². The minimum absolute atomic E-state index is 0.119. The van der Waals surface area contributed by atoms with Crippen LogP contribution >= 0.6 is 33.0 Å². The summed E-state index contributed by atoms with van der Waals surface area (Å²) in [7, 11) is -6.79. The number of halogens is 2. The molecule has 0 amide bonds. The molecule has 0 aromatic heterocycles. The summed E-state index contributed by atoms with van der Waals surface area (Å²) in [5.74, 6) is -0.263. The van der Waals surface area contributed by atoms with E-state index in [1.165, 1.54) is 31.8 Å². The molecule has 234 valence electrons. The van der Waals surface area contributed by atoms with E-state index < -0.39 is 21.8 Å². The number of benzene rings is 7. The van der Waals surface area contributed by atoms with Gasteiger partial charge < -0.3 is 0 Å². The van der Waals surface area contributed by atoms with Crippen LogP contribution in [0.3, 0.4) is 0 Å². The first kappa shape index (κ1) is 32.6. The third-order valence-corrected chi connectivity index (χ3v) is 25.7. The minimum atomic E-state index is -2.66. The summed E-state index contributed by atoms with van der Waals surface area (Å²) in [5.41, 5.74) is 0. The van der Waals surface area contributed by atoms with Crippen molar-refractivity contribution in [1.82, 2.24) is 0 Å². The Balaban J connectivity index is 1.75. The second-order valence-electron chi connectivity index (χ2n) is 11.6. The lowest BCUT2D eigenvalue weighted by molar-refractivity contribution is 0.628. The number of hydrogen-bond donors (Lipinski definition) is 0. The van der Waals surface area contributed by atoms with Crippen LogP contribution in [0.25, 0.3) is 0 Å². The standard InChI is InChI=1S/C43H35ClFP3/c44-46(36-33-31-35(45)32-34-36)43(47(37-19-7-1-8-20-37,38-21-9-2-10-22-38)39-23-11-3-12-24-39)48(40-25-13-4-14-26-40,41-27-15-5-16-28-41)42-29-17-6-18-30-42/h1-34,43H/q+2. The van der Waals surface area contributed by atoms with E-state index in [0.717, 1.165) is 5.30 Å². The Kier molecular flexibility index (Phi) is 9.96. The molecule has 0 aliphatic rings. The van der Waals surface area contributed by atoms with Crippen molar-refractivity contribution < 1.29 is 4.39 Å². The predicted molar refractivity (Wildman–Crippen MR) is 213 cm³/mol. The molecule has 0 spiro atoms. The van der Waals surface area contributed by atoms with Gasteiger partial charge in [0.15, 0.2) is 14.5 Å². The molecule has 7 rings (SSSR count). The molecular weight excluding hydrogens is 664 g/mol. The molecule has 1 atom stereocenters. The van der Waals surface area contributed by atoms with Gasteiger partial charge in [-0.3, -0.25) is 0 Å². The molecule has 7 aromatic carbocycles. The van der Waals surface area contributed by atoms with E-state index in [1.807, 2.05) is 12.1 Å². The summed E-state index contributed by atoms with van der Waals surface area (Å²) in [4.78, 5) is 0. The highest BCUT2D eigenvalue weighted by atomic mass is 35.7. The molecule has 0 aliphatic heterocycles. The monoisotopic (exact) mass is 698 g/mol. The zero-order valence-electron chi connectivity index (χ0n) is 26.3. The van der Waals surface area contributed by atoms with E-state index in [4.69, 9.17) is 11.2 Å². The van der Waals surface area contributed by atoms with Crippen LogP contribution < -0.4 is 37.1 Å². The van der Waals surface area contributed by atoms with Gasteiger partial charge in [0.25, 0.3) is 0 Å². The molecule has 5 heteroatoms. The molecule has 0 N–H and O–H groups in total. The Hall–Kier alpha value is -3.95. The third-order valence-electron chi connectivity index (χ3n) is 8.95. The van der Waals surface area contributed by atoms with Crippen LogP contribution in [0.1, 0.15) is 0 Å². The summed E-state index contributed by atoms with van der Waals surface area (Å²) >= 11 is 8.29. The fraction of sp³-hybridized carbons (Fsp3) is 0.0233. The van der Waals surface area contributed by atoms with Crippen molar-refractivity contribution in [3.8, 4) is 0 Å². The van der Waals surface area contributed by atoms with Crippen molar-refractivity contribution >= 4 is 70.2 Å². The Morgan fingerprint density at radius 3 is 0.812 bits per heavy atom. The quantitative estimate of drug-likeness (QED) is 0.125. The van der Waals surface area contributed by atoms with Crippen LogP contribution in [0.4, 0.5) is 4.39 Å². The second-order valence-corrected chi connectivity index (χ2v) is 22.6. The normalized spacial score (nSPS) is 12.5. The second kappa shape index (κ2) is 14.7. The van der Waals surface area contributed by atoms with E-state index in [2.05, 4.69) is 182 Å². The third kappa shape index (κ3) is 5.85. The number of hydrogen-bond acceptors (Lipinski definition) is 0. The van der Waals surface area contributed by atoms with Crippen molar-refractivity contribution in [2.75, 3.05) is 0 Å². The first-order valence-electron chi connectivity index (χ1n) is 16.0. The van der Waals surface area contributed by atoms with Crippen LogP contribution in [-0.4, -0.2) is 5.14 Å². The molecule has 48 heavy (non-hydrogen) atoms. The lowest BCUT2D eigenvalue weighted by Gasteiger charge is -2.43.